The van der Waals surface area contributed by atoms with Crippen LogP contribution in [0.2, 0.25) is 5.02 Å². The molecule has 0 unspecified atom stereocenters. The van der Waals surface area contributed by atoms with E-state index in [1.807, 2.05) is 0 Å². The molecule has 0 radical (unpaired) electrons. The molecule has 4 N–H and O–H groups in total. The van der Waals surface area contributed by atoms with Gasteiger partial charge in [-0.3, -0.25) is 4.79 Å². The number of amides is 3. The monoisotopic (exact) mass is 324 g/mol. The van der Waals surface area contributed by atoms with Gasteiger partial charge in [0, 0.05) is 24.6 Å². The number of halogens is 2. The van der Waals surface area contributed by atoms with Gasteiger partial charge in [-0.05, 0) is 25.1 Å². The van der Waals surface area contributed by atoms with Gasteiger partial charge in [0.05, 0.1) is 16.3 Å². The fourth-order valence-corrected chi connectivity index (χ4v) is 1.99. The van der Waals surface area contributed by atoms with Crippen molar-refractivity contribution in [2.75, 3.05) is 11.9 Å². The van der Waals surface area contributed by atoms with Crippen LogP contribution in [0, 0.1) is 5.82 Å². The van der Waals surface area contributed by atoms with Crippen molar-refractivity contribution in [3.8, 4) is 5.69 Å². The number of aromatic nitrogens is 1. The number of nitrogens with one attached hydrogen (secondary N) is 2. The lowest BCUT2D eigenvalue weighted by atomic mass is 10.3. The van der Waals surface area contributed by atoms with Crippen molar-refractivity contribution in [3.05, 3.63) is 47.0 Å². The van der Waals surface area contributed by atoms with E-state index in [0.29, 0.717) is 12.2 Å². The molecule has 0 aliphatic heterocycles. The van der Waals surface area contributed by atoms with Crippen LogP contribution in [0.3, 0.4) is 0 Å². The van der Waals surface area contributed by atoms with Crippen LogP contribution in [-0.2, 0) is 0 Å². The largest absolute Gasteiger partial charge is 0.365 e. The molecule has 0 saturated carbocycles. The number of urea groups is 1. The van der Waals surface area contributed by atoms with E-state index in [0.717, 1.165) is 0 Å². The molecule has 6 nitrogen and oxygen atoms in total. The van der Waals surface area contributed by atoms with Crippen LogP contribution >= 0.6 is 11.6 Å². The van der Waals surface area contributed by atoms with E-state index in [1.54, 1.807) is 13.0 Å². The van der Waals surface area contributed by atoms with Crippen molar-refractivity contribution < 1.29 is 14.0 Å². The molecule has 0 saturated heterocycles. The molecule has 1 heterocycles. The average Bonchev–Trinajstić information content (AvgIpc) is 2.86. The van der Waals surface area contributed by atoms with Gasteiger partial charge in [-0.15, -0.1) is 0 Å². The molecule has 2 aromatic rings. The highest BCUT2D eigenvalue weighted by molar-refractivity contribution is 6.30. The van der Waals surface area contributed by atoms with Gasteiger partial charge < -0.3 is 20.9 Å². The highest BCUT2D eigenvalue weighted by atomic mass is 35.5. The van der Waals surface area contributed by atoms with Crippen LogP contribution in [0.1, 0.15) is 17.3 Å². The zero-order chi connectivity index (χ0) is 16.3. The SMILES string of the molecule is CCNC(=O)Nc1cn(-c2ccc(Cl)c(F)c2)cc1C(N)=O. The summed E-state index contributed by atoms with van der Waals surface area (Å²) in [5, 5.41) is 5.05. The van der Waals surface area contributed by atoms with Crippen LogP contribution in [-0.4, -0.2) is 23.1 Å². The molecule has 0 aliphatic carbocycles. The number of hydrogen-bond donors (Lipinski definition) is 3. The van der Waals surface area contributed by atoms with E-state index in [4.69, 9.17) is 17.3 Å². The van der Waals surface area contributed by atoms with Crippen molar-refractivity contribution in [3.63, 3.8) is 0 Å². The Labute approximate surface area is 131 Å². The predicted molar refractivity (Wildman–Crippen MR) is 82.0 cm³/mol. The summed E-state index contributed by atoms with van der Waals surface area (Å²) >= 11 is 5.64. The summed E-state index contributed by atoms with van der Waals surface area (Å²) in [6.45, 7) is 2.19. The summed E-state index contributed by atoms with van der Waals surface area (Å²) in [5.41, 5.74) is 6.07. The molecule has 0 fully saturated rings. The molecule has 0 aliphatic rings. The van der Waals surface area contributed by atoms with Crippen LogP contribution in [0.5, 0.6) is 0 Å². The van der Waals surface area contributed by atoms with Gasteiger partial charge in [0.15, 0.2) is 0 Å². The second kappa shape index (κ2) is 6.48. The maximum Gasteiger partial charge on any atom is 0.319 e. The van der Waals surface area contributed by atoms with Gasteiger partial charge in [0.1, 0.15) is 5.82 Å². The highest BCUT2D eigenvalue weighted by Crippen LogP contribution is 2.23. The third kappa shape index (κ3) is 3.37. The van der Waals surface area contributed by atoms with Crippen molar-refractivity contribution in [1.29, 1.82) is 0 Å². The first-order valence-corrected chi connectivity index (χ1v) is 6.82. The number of nitrogens with zero attached hydrogens (tertiary/aromatic N) is 1. The summed E-state index contributed by atoms with van der Waals surface area (Å²) in [5.74, 6) is -1.30. The standard InChI is InChI=1S/C14H14ClFN4O2/c1-2-18-14(22)19-12-7-20(6-9(12)13(17)21)8-3-4-10(15)11(16)5-8/h3-7H,2H2,1H3,(H2,17,21)(H2,18,19,22). The minimum atomic E-state index is -0.708. The van der Waals surface area contributed by atoms with Crippen LogP contribution in [0.15, 0.2) is 30.6 Å². The molecule has 0 bridgehead atoms. The van der Waals surface area contributed by atoms with E-state index < -0.39 is 17.8 Å². The number of nitrogens with two attached hydrogens (primary N) is 1. The zero-order valence-corrected chi connectivity index (χ0v) is 12.4. The van der Waals surface area contributed by atoms with Crippen LogP contribution in [0.25, 0.3) is 5.69 Å². The number of anilines is 1. The van der Waals surface area contributed by atoms with Gasteiger partial charge in [-0.25, -0.2) is 9.18 Å². The summed E-state index contributed by atoms with van der Waals surface area (Å²) in [7, 11) is 0. The first-order valence-electron chi connectivity index (χ1n) is 6.44. The van der Waals surface area contributed by atoms with E-state index in [2.05, 4.69) is 10.6 Å². The van der Waals surface area contributed by atoms with E-state index in [1.165, 1.54) is 29.1 Å². The van der Waals surface area contributed by atoms with E-state index in [-0.39, 0.29) is 16.3 Å². The highest BCUT2D eigenvalue weighted by Gasteiger charge is 2.15. The second-order valence-corrected chi connectivity index (χ2v) is 4.85. The summed E-state index contributed by atoms with van der Waals surface area (Å²) in [6, 6.07) is 3.72. The number of rotatable bonds is 4. The molecule has 0 atom stereocenters. The molecule has 116 valence electrons. The Morgan fingerprint density at radius 3 is 2.68 bits per heavy atom. The molecule has 22 heavy (non-hydrogen) atoms. The van der Waals surface area contributed by atoms with E-state index in [9.17, 15) is 14.0 Å². The van der Waals surface area contributed by atoms with Gasteiger partial charge in [-0.1, -0.05) is 11.6 Å². The number of carbonyl (C=O) groups is 2. The molecule has 3 amide bonds. The summed E-state index contributed by atoms with van der Waals surface area (Å²) in [4.78, 5) is 23.0. The third-order valence-corrected chi connectivity index (χ3v) is 3.19. The molecular weight excluding hydrogens is 311 g/mol. The topological polar surface area (TPSA) is 89.2 Å². The molecule has 8 heteroatoms. The van der Waals surface area contributed by atoms with Gasteiger partial charge in [0.25, 0.3) is 5.91 Å². The number of primary amides is 1. The fourth-order valence-electron chi connectivity index (χ4n) is 1.87. The smallest absolute Gasteiger partial charge is 0.319 e. The summed E-state index contributed by atoms with van der Waals surface area (Å²) < 4.78 is 15.0. The lowest BCUT2D eigenvalue weighted by molar-refractivity contribution is 0.100. The Morgan fingerprint density at radius 2 is 2.09 bits per heavy atom. The molecule has 1 aromatic carbocycles. The molecule has 1 aromatic heterocycles. The predicted octanol–water partition coefficient (Wildman–Crippen LogP) is 2.51. The minimum absolute atomic E-state index is 0.00768. The van der Waals surface area contributed by atoms with Gasteiger partial charge in [0.2, 0.25) is 0 Å². The molecule has 2 rings (SSSR count). The second-order valence-electron chi connectivity index (χ2n) is 4.44. The van der Waals surface area contributed by atoms with Crippen molar-refractivity contribution in [2.45, 2.75) is 6.92 Å². The fraction of sp³-hybridized carbons (Fsp3) is 0.143. The lowest BCUT2D eigenvalue weighted by Crippen LogP contribution is -2.29. The van der Waals surface area contributed by atoms with Crippen molar-refractivity contribution in [1.82, 2.24) is 9.88 Å². The Balaban J connectivity index is 2.39. The maximum atomic E-state index is 13.5. The Bertz CT molecular complexity index is 730. The number of benzene rings is 1. The lowest BCUT2D eigenvalue weighted by Gasteiger charge is -2.05. The van der Waals surface area contributed by atoms with Crippen molar-refractivity contribution in [2.24, 2.45) is 5.73 Å². The number of carbonyl (C=O) groups excluding carboxylic acids is 2. The maximum absolute atomic E-state index is 13.5. The Morgan fingerprint density at radius 1 is 1.36 bits per heavy atom. The summed E-state index contributed by atoms with van der Waals surface area (Å²) in [6.07, 6.45) is 2.88. The Hall–Kier alpha value is -2.54. The van der Waals surface area contributed by atoms with Crippen LogP contribution in [0.4, 0.5) is 14.9 Å². The van der Waals surface area contributed by atoms with Crippen molar-refractivity contribution >= 4 is 29.2 Å². The van der Waals surface area contributed by atoms with Gasteiger partial charge in [-0.2, -0.15) is 0 Å². The zero-order valence-electron chi connectivity index (χ0n) is 11.7. The van der Waals surface area contributed by atoms with Gasteiger partial charge >= 0.3 is 6.03 Å². The van der Waals surface area contributed by atoms with Crippen LogP contribution < -0.4 is 16.4 Å². The normalized spacial score (nSPS) is 10.3. The third-order valence-electron chi connectivity index (χ3n) is 2.88. The average molecular weight is 325 g/mol. The first kappa shape index (κ1) is 15.8. The quantitative estimate of drug-likeness (QED) is 0.806. The van der Waals surface area contributed by atoms with E-state index >= 15 is 0 Å². The minimum Gasteiger partial charge on any atom is -0.365 e. The Kier molecular flexibility index (Phi) is 4.67. The molecule has 0 spiro atoms. The first-order chi connectivity index (χ1) is 10.4. The number of hydrogen-bond acceptors (Lipinski definition) is 2. The molecular formula is C14H14ClFN4O2.